The van der Waals surface area contributed by atoms with Gasteiger partial charge in [-0.1, -0.05) is 18.2 Å². The van der Waals surface area contributed by atoms with Crippen LogP contribution in [0.1, 0.15) is 17.3 Å². The van der Waals surface area contributed by atoms with E-state index in [1.165, 1.54) is 19.9 Å². The van der Waals surface area contributed by atoms with Gasteiger partial charge in [-0.15, -0.1) is 0 Å². The highest BCUT2D eigenvalue weighted by atomic mass is 31.2. The SMILES string of the molecule is CCOC(=O)/C(=C/CP(C)(=O)OC)NC(=O)c1ccccc1. The van der Waals surface area contributed by atoms with Crippen molar-refractivity contribution in [1.82, 2.24) is 5.32 Å². The van der Waals surface area contributed by atoms with Gasteiger partial charge in [0.1, 0.15) is 5.70 Å². The molecule has 0 aliphatic rings. The van der Waals surface area contributed by atoms with E-state index < -0.39 is 19.2 Å². The minimum Gasteiger partial charge on any atom is -0.461 e. The van der Waals surface area contributed by atoms with E-state index in [2.05, 4.69) is 5.32 Å². The van der Waals surface area contributed by atoms with Crippen LogP contribution in [-0.2, 0) is 18.6 Å². The number of rotatable bonds is 7. The molecular weight excluding hydrogens is 305 g/mol. The van der Waals surface area contributed by atoms with Crippen LogP contribution in [0.25, 0.3) is 0 Å². The summed E-state index contributed by atoms with van der Waals surface area (Å²) in [6.45, 7) is 3.28. The number of hydrogen-bond acceptors (Lipinski definition) is 5. The van der Waals surface area contributed by atoms with Crippen molar-refractivity contribution in [2.45, 2.75) is 6.92 Å². The molecule has 0 heterocycles. The highest BCUT2D eigenvalue weighted by Gasteiger charge is 2.18. The highest BCUT2D eigenvalue weighted by Crippen LogP contribution is 2.41. The second-order valence-electron chi connectivity index (χ2n) is 4.54. The van der Waals surface area contributed by atoms with Crippen LogP contribution in [0.2, 0.25) is 0 Å². The van der Waals surface area contributed by atoms with Gasteiger partial charge in [-0.3, -0.25) is 9.36 Å². The average Bonchev–Trinajstić information content (AvgIpc) is 2.52. The lowest BCUT2D eigenvalue weighted by Gasteiger charge is -2.11. The van der Waals surface area contributed by atoms with E-state index in [9.17, 15) is 14.2 Å². The van der Waals surface area contributed by atoms with E-state index in [1.54, 1.807) is 37.3 Å². The molecular formula is C15H20NO5P. The van der Waals surface area contributed by atoms with Gasteiger partial charge in [-0.2, -0.15) is 0 Å². The lowest BCUT2D eigenvalue weighted by molar-refractivity contribution is -0.138. The molecule has 1 unspecified atom stereocenters. The summed E-state index contributed by atoms with van der Waals surface area (Å²) in [6.07, 6.45) is 1.38. The second-order valence-corrected chi connectivity index (χ2v) is 7.30. The topological polar surface area (TPSA) is 81.7 Å². The van der Waals surface area contributed by atoms with E-state index in [-0.39, 0.29) is 18.5 Å². The van der Waals surface area contributed by atoms with Gasteiger partial charge in [0.25, 0.3) is 5.91 Å². The molecule has 6 nitrogen and oxygen atoms in total. The van der Waals surface area contributed by atoms with Crippen molar-refractivity contribution in [2.24, 2.45) is 0 Å². The molecule has 7 heteroatoms. The molecule has 120 valence electrons. The van der Waals surface area contributed by atoms with Crippen LogP contribution in [0.5, 0.6) is 0 Å². The molecule has 0 saturated carbocycles. The zero-order valence-corrected chi connectivity index (χ0v) is 13.8. The van der Waals surface area contributed by atoms with Crippen LogP contribution in [0.15, 0.2) is 42.1 Å². The van der Waals surface area contributed by atoms with Crippen LogP contribution in [-0.4, -0.2) is 38.4 Å². The van der Waals surface area contributed by atoms with Crippen LogP contribution >= 0.6 is 7.37 Å². The Kier molecular flexibility index (Phi) is 7.02. The van der Waals surface area contributed by atoms with Gasteiger partial charge in [0.05, 0.1) is 6.61 Å². The van der Waals surface area contributed by atoms with Crippen molar-refractivity contribution in [3.8, 4) is 0 Å². The van der Waals surface area contributed by atoms with Crippen molar-refractivity contribution < 1.29 is 23.4 Å². The molecule has 0 spiro atoms. The molecule has 0 aromatic heterocycles. The number of esters is 1. The summed E-state index contributed by atoms with van der Waals surface area (Å²) in [4.78, 5) is 24.0. The Labute approximate surface area is 130 Å². The summed E-state index contributed by atoms with van der Waals surface area (Å²) in [5.41, 5.74) is 0.360. The summed E-state index contributed by atoms with van der Waals surface area (Å²) < 4.78 is 21.6. The number of hydrogen-bond donors (Lipinski definition) is 1. The lowest BCUT2D eigenvalue weighted by Crippen LogP contribution is -2.29. The first kappa shape index (κ1) is 18.1. The fourth-order valence-electron chi connectivity index (χ4n) is 1.51. The zero-order chi connectivity index (χ0) is 16.6. The smallest absolute Gasteiger partial charge is 0.354 e. The minimum absolute atomic E-state index is 0.0206. The van der Waals surface area contributed by atoms with Gasteiger partial charge in [0.15, 0.2) is 0 Å². The number of ether oxygens (including phenoxy) is 1. The number of allylic oxidation sites excluding steroid dienone is 1. The van der Waals surface area contributed by atoms with Crippen LogP contribution in [0.4, 0.5) is 0 Å². The van der Waals surface area contributed by atoms with Gasteiger partial charge >= 0.3 is 5.97 Å². The van der Waals surface area contributed by atoms with Gasteiger partial charge in [0.2, 0.25) is 7.37 Å². The molecule has 0 aliphatic heterocycles. The summed E-state index contributed by atoms with van der Waals surface area (Å²) in [6, 6.07) is 8.46. The van der Waals surface area contributed by atoms with Gasteiger partial charge < -0.3 is 14.6 Å². The maximum atomic E-state index is 12.1. The maximum Gasteiger partial charge on any atom is 0.354 e. The molecule has 1 aromatic carbocycles. The first-order valence-electron chi connectivity index (χ1n) is 6.75. The lowest BCUT2D eigenvalue weighted by atomic mass is 10.2. The van der Waals surface area contributed by atoms with E-state index in [0.717, 1.165) is 0 Å². The predicted octanol–water partition coefficient (Wildman–Crippen LogP) is 2.42. The Balaban J connectivity index is 2.91. The van der Waals surface area contributed by atoms with Crippen molar-refractivity contribution >= 4 is 19.2 Å². The fraction of sp³-hybridized carbons (Fsp3) is 0.333. The number of carbonyl (C=O) groups excluding carboxylic acids is 2. The van der Waals surface area contributed by atoms with Crippen LogP contribution < -0.4 is 5.32 Å². The first-order chi connectivity index (χ1) is 10.4. The number of nitrogens with one attached hydrogen (secondary N) is 1. The molecule has 1 atom stereocenters. The predicted molar refractivity (Wildman–Crippen MR) is 84.0 cm³/mol. The molecule has 0 bridgehead atoms. The number of benzene rings is 1. The number of carbonyl (C=O) groups is 2. The van der Waals surface area contributed by atoms with Crippen molar-refractivity contribution in [2.75, 3.05) is 26.5 Å². The largest absolute Gasteiger partial charge is 0.461 e. The molecule has 22 heavy (non-hydrogen) atoms. The zero-order valence-electron chi connectivity index (χ0n) is 12.9. The molecule has 0 aliphatic carbocycles. The average molecular weight is 325 g/mol. The van der Waals surface area contributed by atoms with E-state index in [1.807, 2.05) is 0 Å². The van der Waals surface area contributed by atoms with E-state index in [4.69, 9.17) is 9.26 Å². The summed E-state index contributed by atoms with van der Waals surface area (Å²) in [7, 11) is -1.50. The van der Waals surface area contributed by atoms with Gasteiger partial charge in [0, 0.05) is 25.5 Å². The standard InChI is InChI=1S/C15H20NO5P/c1-4-21-15(18)13(10-11-22(3,19)20-2)16-14(17)12-8-6-5-7-9-12/h5-10H,4,11H2,1-3H3,(H,16,17)/b13-10-. The molecule has 0 fully saturated rings. The van der Waals surface area contributed by atoms with Crippen molar-refractivity contribution in [1.29, 1.82) is 0 Å². The molecule has 1 aromatic rings. The highest BCUT2D eigenvalue weighted by molar-refractivity contribution is 7.58. The summed E-state index contributed by atoms with van der Waals surface area (Å²) in [5, 5.41) is 2.49. The molecule has 1 amide bonds. The van der Waals surface area contributed by atoms with E-state index >= 15 is 0 Å². The number of amides is 1. The fourth-order valence-corrected chi connectivity index (χ4v) is 2.17. The Morgan fingerprint density at radius 3 is 2.45 bits per heavy atom. The van der Waals surface area contributed by atoms with Crippen molar-refractivity contribution in [3.05, 3.63) is 47.7 Å². The summed E-state index contributed by atoms with van der Waals surface area (Å²) >= 11 is 0. The third kappa shape index (κ3) is 5.84. The third-order valence-electron chi connectivity index (χ3n) is 2.79. The monoisotopic (exact) mass is 325 g/mol. The Morgan fingerprint density at radius 1 is 1.27 bits per heavy atom. The first-order valence-corrected chi connectivity index (χ1v) is 9.01. The Hall–Kier alpha value is -1.91. The van der Waals surface area contributed by atoms with Crippen LogP contribution in [0, 0.1) is 0 Å². The maximum absolute atomic E-state index is 12.1. The molecule has 1 N–H and O–H groups in total. The Bertz CT molecular complexity index is 597. The van der Waals surface area contributed by atoms with Gasteiger partial charge in [-0.25, -0.2) is 4.79 Å². The third-order valence-corrected chi connectivity index (χ3v) is 4.41. The van der Waals surface area contributed by atoms with Crippen molar-refractivity contribution in [3.63, 3.8) is 0 Å². The normalized spacial score (nSPS) is 14.0. The second kappa shape index (κ2) is 8.51. The minimum atomic E-state index is -2.84. The molecule has 0 saturated heterocycles. The van der Waals surface area contributed by atoms with Gasteiger partial charge in [-0.05, 0) is 25.1 Å². The quantitative estimate of drug-likeness (QED) is 0.473. The van der Waals surface area contributed by atoms with E-state index in [0.29, 0.717) is 5.56 Å². The summed E-state index contributed by atoms with van der Waals surface area (Å²) in [5.74, 6) is -1.12. The molecule has 1 rings (SSSR count). The Morgan fingerprint density at radius 2 is 1.91 bits per heavy atom. The van der Waals surface area contributed by atoms with Crippen LogP contribution in [0.3, 0.4) is 0 Å². The molecule has 0 radical (unpaired) electrons.